The number of aromatic hydroxyl groups is 1. The molecule has 0 radical (unpaired) electrons. The molecule has 1 aromatic carbocycles. The molecule has 1 heterocycles. The number of amides is 1. The molecule has 0 spiro atoms. The summed E-state index contributed by atoms with van der Waals surface area (Å²) in [6.45, 7) is 4.31. The molecule has 1 aromatic rings. The zero-order valence-electron chi connectivity index (χ0n) is 15.4. The van der Waals surface area contributed by atoms with Crippen LogP contribution in [0.5, 0.6) is 5.75 Å². The average molecular weight is 360 g/mol. The van der Waals surface area contributed by atoms with Crippen molar-refractivity contribution in [2.24, 2.45) is 0 Å². The standard InChI is InChI=1S/C20H28N2O4/c1-2-5-20(26)21-15-8-11-22(12-9-15)13-10-16(23)14-19(25)17-6-3-4-7-18(17)24/h3-4,6-7,15,24H,2,5,8-14H2,1H3,(H,21,26). The van der Waals surface area contributed by atoms with Crippen molar-refractivity contribution in [1.29, 1.82) is 0 Å². The molecule has 0 bridgehead atoms. The van der Waals surface area contributed by atoms with Gasteiger partial charge in [0.2, 0.25) is 5.91 Å². The van der Waals surface area contributed by atoms with Gasteiger partial charge in [-0.25, -0.2) is 0 Å². The Bertz CT molecular complexity index is 636. The lowest BCUT2D eigenvalue weighted by Gasteiger charge is -2.32. The molecule has 26 heavy (non-hydrogen) atoms. The number of ketones is 2. The van der Waals surface area contributed by atoms with Crippen molar-refractivity contribution in [1.82, 2.24) is 10.2 Å². The highest BCUT2D eigenvalue weighted by Gasteiger charge is 2.21. The summed E-state index contributed by atoms with van der Waals surface area (Å²) in [4.78, 5) is 38.0. The molecule has 1 amide bonds. The Balaban J connectivity index is 1.68. The summed E-state index contributed by atoms with van der Waals surface area (Å²) >= 11 is 0. The Kier molecular flexibility index (Phi) is 7.78. The fourth-order valence-electron chi connectivity index (χ4n) is 3.18. The second kappa shape index (κ2) is 10.1. The number of benzene rings is 1. The van der Waals surface area contributed by atoms with Crippen LogP contribution < -0.4 is 5.32 Å². The number of rotatable bonds is 9. The maximum Gasteiger partial charge on any atom is 0.220 e. The van der Waals surface area contributed by atoms with E-state index in [2.05, 4.69) is 10.2 Å². The van der Waals surface area contributed by atoms with E-state index in [1.807, 2.05) is 6.92 Å². The molecule has 0 saturated carbocycles. The topological polar surface area (TPSA) is 86.7 Å². The smallest absolute Gasteiger partial charge is 0.220 e. The van der Waals surface area contributed by atoms with Crippen LogP contribution >= 0.6 is 0 Å². The number of para-hydroxylation sites is 1. The third-order valence-corrected chi connectivity index (χ3v) is 4.70. The van der Waals surface area contributed by atoms with Crippen LogP contribution in [-0.4, -0.2) is 53.2 Å². The van der Waals surface area contributed by atoms with Gasteiger partial charge in [0.25, 0.3) is 0 Å². The minimum Gasteiger partial charge on any atom is -0.507 e. The molecule has 6 heteroatoms. The molecule has 0 unspecified atom stereocenters. The summed E-state index contributed by atoms with van der Waals surface area (Å²) < 4.78 is 0. The van der Waals surface area contributed by atoms with Crippen molar-refractivity contribution in [3.63, 3.8) is 0 Å². The number of carbonyl (C=O) groups is 3. The van der Waals surface area contributed by atoms with Crippen molar-refractivity contribution in [3.8, 4) is 5.75 Å². The number of nitrogens with one attached hydrogen (secondary N) is 1. The number of hydrogen-bond acceptors (Lipinski definition) is 5. The van der Waals surface area contributed by atoms with E-state index in [9.17, 15) is 19.5 Å². The summed E-state index contributed by atoms with van der Waals surface area (Å²) in [5.41, 5.74) is 0.199. The zero-order chi connectivity index (χ0) is 18.9. The minimum atomic E-state index is -0.342. The van der Waals surface area contributed by atoms with Gasteiger partial charge >= 0.3 is 0 Å². The predicted octanol–water partition coefficient (Wildman–Crippen LogP) is 2.30. The number of phenolic OH excluding ortho intramolecular Hbond substituents is 1. The number of phenols is 1. The van der Waals surface area contributed by atoms with E-state index >= 15 is 0 Å². The van der Waals surface area contributed by atoms with E-state index in [0.29, 0.717) is 19.4 Å². The highest BCUT2D eigenvalue weighted by atomic mass is 16.3. The van der Waals surface area contributed by atoms with E-state index in [1.165, 1.54) is 12.1 Å². The van der Waals surface area contributed by atoms with Crippen LogP contribution in [0, 0.1) is 0 Å². The molecule has 0 atom stereocenters. The number of piperidine rings is 1. The van der Waals surface area contributed by atoms with E-state index in [0.717, 1.165) is 32.4 Å². The first kappa shape index (κ1) is 20.1. The van der Waals surface area contributed by atoms with Crippen LogP contribution in [0.3, 0.4) is 0 Å². The monoisotopic (exact) mass is 360 g/mol. The normalized spacial score (nSPS) is 15.6. The lowest BCUT2D eigenvalue weighted by atomic mass is 10.0. The quantitative estimate of drug-likeness (QED) is 0.521. The number of hydrogen-bond donors (Lipinski definition) is 2. The summed E-state index contributed by atoms with van der Waals surface area (Å²) in [7, 11) is 0. The van der Waals surface area contributed by atoms with E-state index in [4.69, 9.17) is 0 Å². The second-order valence-corrected chi connectivity index (χ2v) is 6.84. The number of likely N-dealkylation sites (tertiary alicyclic amines) is 1. The Morgan fingerprint density at radius 1 is 1.15 bits per heavy atom. The van der Waals surface area contributed by atoms with Crippen molar-refractivity contribution in [2.45, 2.75) is 51.5 Å². The maximum atomic E-state index is 12.1. The Hall–Kier alpha value is -2.21. The van der Waals surface area contributed by atoms with Crippen molar-refractivity contribution >= 4 is 17.5 Å². The van der Waals surface area contributed by atoms with Crippen molar-refractivity contribution in [2.75, 3.05) is 19.6 Å². The van der Waals surface area contributed by atoms with Crippen LogP contribution in [0.2, 0.25) is 0 Å². The maximum absolute atomic E-state index is 12.1. The van der Waals surface area contributed by atoms with Crippen LogP contribution in [0.4, 0.5) is 0 Å². The lowest BCUT2D eigenvalue weighted by Crippen LogP contribution is -2.45. The van der Waals surface area contributed by atoms with Gasteiger partial charge in [0.1, 0.15) is 11.5 Å². The SMILES string of the molecule is CCCC(=O)NC1CCN(CCC(=O)CC(=O)c2ccccc2O)CC1. The Morgan fingerprint density at radius 3 is 2.50 bits per heavy atom. The Morgan fingerprint density at radius 2 is 1.85 bits per heavy atom. The highest BCUT2D eigenvalue weighted by Crippen LogP contribution is 2.18. The average Bonchev–Trinajstić information content (AvgIpc) is 2.61. The molecule has 142 valence electrons. The zero-order valence-corrected chi connectivity index (χ0v) is 15.4. The summed E-state index contributed by atoms with van der Waals surface area (Å²) in [6.07, 6.45) is 3.35. The van der Waals surface area contributed by atoms with Crippen LogP contribution in [0.15, 0.2) is 24.3 Å². The summed E-state index contributed by atoms with van der Waals surface area (Å²) in [6, 6.07) is 6.51. The fourth-order valence-corrected chi connectivity index (χ4v) is 3.18. The molecular weight excluding hydrogens is 332 g/mol. The van der Waals surface area contributed by atoms with Gasteiger partial charge in [0, 0.05) is 38.5 Å². The first-order chi connectivity index (χ1) is 12.5. The summed E-state index contributed by atoms with van der Waals surface area (Å²) in [5.74, 6) is -0.427. The fraction of sp³-hybridized carbons (Fsp3) is 0.550. The molecule has 0 aromatic heterocycles. The van der Waals surface area contributed by atoms with E-state index in [1.54, 1.807) is 12.1 Å². The third kappa shape index (κ3) is 6.26. The molecule has 2 N–H and O–H groups in total. The number of nitrogens with zero attached hydrogens (tertiary/aromatic N) is 1. The van der Waals surface area contributed by atoms with Gasteiger partial charge < -0.3 is 15.3 Å². The number of Topliss-reactive ketones (excluding diaryl/α,β-unsaturated/α-hetero) is 2. The van der Waals surface area contributed by atoms with Crippen molar-refractivity contribution in [3.05, 3.63) is 29.8 Å². The van der Waals surface area contributed by atoms with Gasteiger partial charge in [-0.15, -0.1) is 0 Å². The third-order valence-electron chi connectivity index (χ3n) is 4.70. The van der Waals surface area contributed by atoms with E-state index < -0.39 is 0 Å². The first-order valence-corrected chi connectivity index (χ1v) is 9.34. The Labute approximate surface area is 154 Å². The van der Waals surface area contributed by atoms with Crippen LogP contribution in [0.1, 0.15) is 55.8 Å². The molecule has 6 nitrogen and oxygen atoms in total. The molecule has 1 aliphatic heterocycles. The van der Waals surface area contributed by atoms with Crippen LogP contribution in [-0.2, 0) is 9.59 Å². The van der Waals surface area contributed by atoms with Gasteiger partial charge in [-0.2, -0.15) is 0 Å². The van der Waals surface area contributed by atoms with Crippen LogP contribution in [0.25, 0.3) is 0 Å². The van der Waals surface area contributed by atoms with Gasteiger partial charge in [-0.3, -0.25) is 14.4 Å². The second-order valence-electron chi connectivity index (χ2n) is 6.84. The molecule has 1 fully saturated rings. The summed E-state index contributed by atoms with van der Waals surface area (Å²) in [5, 5.41) is 12.7. The van der Waals surface area contributed by atoms with Crippen molar-refractivity contribution < 1.29 is 19.5 Å². The molecule has 1 saturated heterocycles. The predicted molar refractivity (Wildman–Crippen MR) is 99.2 cm³/mol. The minimum absolute atomic E-state index is 0.0857. The van der Waals surface area contributed by atoms with Gasteiger partial charge in [0.05, 0.1) is 12.0 Å². The highest BCUT2D eigenvalue weighted by molar-refractivity contribution is 6.09. The number of carbonyl (C=O) groups excluding carboxylic acids is 3. The van der Waals surface area contributed by atoms with Gasteiger partial charge in [0.15, 0.2) is 5.78 Å². The largest absolute Gasteiger partial charge is 0.507 e. The molecule has 0 aliphatic carbocycles. The van der Waals surface area contributed by atoms with Gasteiger partial charge in [-0.05, 0) is 31.4 Å². The molecule has 1 aliphatic rings. The molecule has 2 rings (SSSR count). The van der Waals surface area contributed by atoms with E-state index in [-0.39, 0.29) is 41.2 Å². The lowest BCUT2D eigenvalue weighted by molar-refractivity contribution is -0.122. The molecular formula is C20H28N2O4. The van der Waals surface area contributed by atoms with Gasteiger partial charge in [-0.1, -0.05) is 19.1 Å². The first-order valence-electron chi connectivity index (χ1n) is 9.34.